The van der Waals surface area contributed by atoms with Gasteiger partial charge in [0, 0.05) is 23.8 Å². The molecule has 0 fully saturated rings. The Morgan fingerprint density at radius 1 is 0.736 bits per heavy atom. The zero-order chi connectivity index (χ0) is 42.3. The Morgan fingerprint density at radius 2 is 1.26 bits per heavy atom. The second-order valence-electron chi connectivity index (χ2n) is 19.9. The number of hydrogen-bond acceptors (Lipinski definition) is 10. The van der Waals surface area contributed by atoms with Crippen molar-refractivity contribution in [3.63, 3.8) is 0 Å². The molecule has 0 bridgehead atoms. The molecule has 312 valence electrons. The van der Waals surface area contributed by atoms with Crippen LogP contribution in [0.2, 0.25) is 0 Å². The minimum atomic E-state index is -3.51. The maximum Gasteiger partial charge on any atom is 0.320 e. The summed E-state index contributed by atoms with van der Waals surface area (Å²) >= 11 is 0. The first-order chi connectivity index (χ1) is 23.4. The molecule has 13 heteroatoms. The van der Waals surface area contributed by atoms with Crippen LogP contribution in [0.1, 0.15) is 150 Å². The fourth-order valence-corrected chi connectivity index (χ4v) is 8.43. The molecule has 0 heterocycles. The summed E-state index contributed by atoms with van der Waals surface area (Å²) in [7, 11) is -2.16. The molecule has 0 rings (SSSR count). The van der Waals surface area contributed by atoms with Gasteiger partial charge in [0.15, 0.2) is 11.6 Å². The van der Waals surface area contributed by atoms with Crippen molar-refractivity contribution < 1.29 is 42.2 Å². The highest BCUT2D eigenvalue weighted by molar-refractivity contribution is 7.89. The summed E-state index contributed by atoms with van der Waals surface area (Å²) in [5, 5.41) is 16.2. The summed E-state index contributed by atoms with van der Waals surface area (Å²) in [4.78, 5) is 51.5. The van der Waals surface area contributed by atoms with Crippen LogP contribution in [0.25, 0.3) is 0 Å². The topological polar surface area (TPSA) is 177 Å². The van der Waals surface area contributed by atoms with E-state index in [4.69, 9.17) is 9.47 Å². The Bertz CT molecular complexity index is 1380. The fourth-order valence-electron chi connectivity index (χ4n) is 7.16. The van der Waals surface area contributed by atoms with Gasteiger partial charge in [-0.1, -0.05) is 55.4 Å². The van der Waals surface area contributed by atoms with Crippen molar-refractivity contribution in [2.45, 2.75) is 178 Å². The molecule has 0 spiro atoms. The van der Waals surface area contributed by atoms with Crippen molar-refractivity contribution in [2.75, 3.05) is 32.6 Å². The first kappa shape index (κ1) is 51.2. The Kier molecular flexibility index (Phi) is 17.8. The zero-order valence-corrected chi connectivity index (χ0v) is 37.4. The maximum absolute atomic E-state index is 13.8. The average molecular weight is 776 g/mol. The van der Waals surface area contributed by atoms with Gasteiger partial charge in [-0.2, -0.15) is 0 Å². The van der Waals surface area contributed by atoms with Crippen molar-refractivity contribution in [1.82, 2.24) is 15.4 Å². The standard InChI is InChI=1S/C40H77N3O9S/c1-28(44)34(4,5)26-36(8,9)40(16,17)52-23-21-37(10,11)51-24-22-42-38(12,13)30(45)20-19-29(31(46)47)43-39(14,15)32(48)35(6,7)25-33(2,3)27-53(49,50)41-18/h29,41-43H,19-27H2,1-18H3,(H,46,47). The number of carboxylic acid groups (broad SMARTS) is 1. The highest BCUT2D eigenvalue weighted by Gasteiger charge is 2.45. The quantitative estimate of drug-likeness (QED) is 0.0710. The third kappa shape index (κ3) is 16.9. The molecule has 0 amide bonds. The maximum atomic E-state index is 13.8. The number of sulfonamides is 1. The lowest BCUT2D eigenvalue weighted by molar-refractivity contribution is -0.142. The highest BCUT2D eigenvalue weighted by Crippen LogP contribution is 2.44. The first-order valence-electron chi connectivity index (χ1n) is 18.9. The first-order valence-corrected chi connectivity index (χ1v) is 20.6. The number of Topliss-reactive ketones (excluding diaryl/α,β-unsaturated/α-hetero) is 3. The number of carboxylic acids is 1. The number of hydrogen-bond donors (Lipinski definition) is 4. The second kappa shape index (κ2) is 18.4. The summed E-state index contributed by atoms with van der Waals surface area (Å²) in [5.41, 5.74) is -5.58. The van der Waals surface area contributed by atoms with Gasteiger partial charge in [0.2, 0.25) is 10.0 Å². The van der Waals surface area contributed by atoms with Crippen molar-refractivity contribution >= 4 is 33.3 Å². The summed E-state index contributed by atoms with van der Waals surface area (Å²) in [6, 6.07) is -1.16. The smallest absolute Gasteiger partial charge is 0.320 e. The van der Waals surface area contributed by atoms with Crippen molar-refractivity contribution in [1.29, 1.82) is 0 Å². The van der Waals surface area contributed by atoms with Gasteiger partial charge in [-0.3, -0.25) is 24.5 Å². The third-order valence-corrected chi connectivity index (χ3v) is 12.8. The Morgan fingerprint density at radius 3 is 1.74 bits per heavy atom. The minimum Gasteiger partial charge on any atom is -0.480 e. The van der Waals surface area contributed by atoms with Gasteiger partial charge >= 0.3 is 5.97 Å². The number of aliphatic carboxylic acids is 1. The molecule has 0 aliphatic heterocycles. The molecule has 1 atom stereocenters. The molecule has 0 saturated carbocycles. The molecule has 0 aromatic heterocycles. The Hall–Kier alpha value is -1.77. The van der Waals surface area contributed by atoms with Gasteiger partial charge in [0.1, 0.15) is 11.8 Å². The van der Waals surface area contributed by atoms with Crippen LogP contribution in [0, 0.1) is 21.7 Å². The molecule has 0 aliphatic carbocycles. The van der Waals surface area contributed by atoms with Crippen LogP contribution in [0.3, 0.4) is 0 Å². The highest BCUT2D eigenvalue weighted by atomic mass is 32.2. The number of carbonyl (C=O) groups is 4. The van der Waals surface area contributed by atoms with Crippen LogP contribution < -0.4 is 15.4 Å². The lowest BCUT2D eigenvalue weighted by Gasteiger charge is -2.45. The normalized spacial score (nSPS) is 15.0. The number of ketones is 3. The molecule has 0 aromatic rings. The van der Waals surface area contributed by atoms with E-state index in [0.717, 1.165) is 0 Å². The molecule has 0 radical (unpaired) electrons. The fraction of sp³-hybridized carbons (Fsp3) is 0.900. The Labute approximate surface area is 322 Å². The lowest BCUT2D eigenvalue weighted by atomic mass is 9.66. The molecular weight excluding hydrogens is 699 g/mol. The molecule has 12 nitrogen and oxygen atoms in total. The summed E-state index contributed by atoms with van der Waals surface area (Å²) in [5.74, 6) is -1.61. The number of rotatable bonds is 27. The Balaban J connectivity index is 5.19. The molecular formula is C40H77N3O9S. The van der Waals surface area contributed by atoms with Gasteiger partial charge in [-0.15, -0.1) is 0 Å². The van der Waals surface area contributed by atoms with Gasteiger partial charge in [-0.05, 0) is 106 Å². The zero-order valence-electron chi connectivity index (χ0n) is 36.6. The number of carbonyl (C=O) groups excluding carboxylic acids is 3. The van der Waals surface area contributed by atoms with E-state index in [0.29, 0.717) is 32.6 Å². The van der Waals surface area contributed by atoms with Gasteiger partial charge in [0.25, 0.3) is 0 Å². The van der Waals surface area contributed by atoms with Crippen LogP contribution in [0.15, 0.2) is 0 Å². The number of ether oxygens (including phenoxy) is 2. The van der Waals surface area contributed by atoms with Gasteiger partial charge in [-0.25, -0.2) is 13.1 Å². The molecule has 4 N–H and O–H groups in total. The monoisotopic (exact) mass is 776 g/mol. The summed E-state index contributed by atoms with van der Waals surface area (Å²) in [6.45, 7) is 32.9. The van der Waals surface area contributed by atoms with Crippen LogP contribution in [-0.2, 0) is 38.7 Å². The summed E-state index contributed by atoms with van der Waals surface area (Å²) < 4.78 is 39.3. The molecule has 53 heavy (non-hydrogen) atoms. The molecule has 1 unspecified atom stereocenters. The van der Waals surface area contributed by atoms with Gasteiger partial charge < -0.3 is 19.9 Å². The largest absolute Gasteiger partial charge is 0.480 e. The summed E-state index contributed by atoms with van der Waals surface area (Å²) in [6.07, 6.45) is 1.53. The van der Waals surface area contributed by atoms with Crippen molar-refractivity contribution in [2.24, 2.45) is 21.7 Å². The predicted octanol–water partition coefficient (Wildman–Crippen LogP) is 6.10. The SMILES string of the molecule is CNS(=O)(=O)CC(C)(C)CC(C)(C)C(=O)C(C)(C)NC(CCC(=O)C(C)(C)NCCOC(C)(C)CCOC(C)(C)C(C)(C)CC(C)(C)C(C)=O)C(=O)O. The van der Waals surface area contributed by atoms with E-state index in [-0.39, 0.29) is 47.8 Å². The molecule has 0 saturated heterocycles. The van der Waals surface area contributed by atoms with Crippen LogP contribution in [0.4, 0.5) is 0 Å². The minimum absolute atomic E-state index is 0.0226. The number of nitrogens with one attached hydrogen (secondary N) is 3. The van der Waals surface area contributed by atoms with Crippen molar-refractivity contribution in [3.8, 4) is 0 Å². The van der Waals surface area contributed by atoms with E-state index in [1.165, 1.54) is 7.05 Å². The van der Waals surface area contributed by atoms with Crippen LogP contribution in [-0.4, -0.2) is 97.7 Å². The van der Waals surface area contributed by atoms with E-state index < -0.39 is 60.6 Å². The van der Waals surface area contributed by atoms with E-state index in [2.05, 4.69) is 43.1 Å². The third-order valence-electron chi connectivity index (χ3n) is 11.0. The van der Waals surface area contributed by atoms with E-state index in [1.807, 2.05) is 27.7 Å². The predicted molar refractivity (Wildman–Crippen MR) is 213 cm³/mol. The van der Waals surface area contributed by atoms with E-state index >= 15 is 0 Å². The van der Waals surface area contributed by atoms with Gasteiger partial charge in [0.05, 0.1) is 41.2 Å². The van der Waals surface area contributed by atoms with E-state index in [9.17, 15) is 32.7 Å². The average Bonchev–Trinajstić information content (AvgIpc) is 2.94. The second-order valence-corrected chi connectivity index (χ2v) is 21.8. The van der Waals surface area contributed by atoms with E-state index in [1.54, 1.807) is 62.3 Å². The lowest BCUT2D eigenvalue weighted by Crippen LogP contribution is -2.58. The van der Waals surface area contributed by atoms with Crippen LogP contribution >= 0.6 is 0 Å². The van der Waals surface area contributed by atoms with Crippen LogP contribution in [0.5, 0.6) is 0 Å². The molecule has 0 aliphatic rings. The molecule has 0 aromatic carbocycles. The van der Waals surface area contributed by atoms with Crippen molar-refractivity contribution in [3.05, 3.63) is 0 Å².